The van der Waals surface area contributed by atoms with Crippen molar-refractivity contribution < 1.29 is 34.4 Å². The van der Waals surface area contributed by atoms with Crippen molar-refractivity contribution in [1.82, 2.24) is 26.6 Å². The van der Waals surface area contributed by atoms with Gasteiger partial charge < -0.3 is 51.4 Å². The van der Waals surface area contributed by atoms with E-state index in [-0.39, 0.29) is 65.6 Å². The summed E-state index contributed by atoms with van der Waals surface area (Å²) >= 11 is 0. The first-order valence-corrected chi connectivity index (χ1v) is 31.8. The maximum Gasteiger partial charge on any atom is 0.340 e. The number of aliphatic hydroxyl groups excluding tert-OH is 2. The molecule has 5 heterocycles. The quantitative estimate of drug-likeness (QED) is 0.0597. The number of phenols is 1. The molecule has 12 heteroatoms. The number of fused-ring (bicyclic) bond motifs is 5. The third-order valence-electron chi connectivity index (χ3n) is 21.5. The molecule has 2 saturated heterocycles. The second-order valence-electron chi connectivity index (χ2n) is 26.4. The van der Waals surface area contributed by atoms with Crippen molar-refractivity contribution in [3.05, 3.63) is 165 Å². The highest BCUT2D eigenvalue weighted by Crippen LogP contribution is 2.72. The number of esters is 2. The maximum absolute atomic E-state index is 15.3. The number of allylic oxidation sites excluding steroid dienone is 5. The molecule has 5 fully saturated rings. The number of aromatic hydroxyl groups is 1. The fourth-order valence-corrected chi connectivity index (χ4v) is 17.7. The van der Waals surface area contributed by atoms with Crippen LogP contribution in [0.25, 0.3) is 16.7 Å². The van der Waals surface area contributed by atoms with Crippen molar-refractivity contribution in [3.8, 4) is 16.9 Å². The standard InChI is InChI=1S/C71H87N5O7/c1-43(78)40-76-67-50-19-25-70(39-50,52-23-29-74-62(37-52)72-2)26-21-60-58-18-17-57-56-20-27-71(65(57)64(58)68(80)82-60)61(36-46(24-30-77)31-44-9-4-3-5-10-44)83-69(81)66(71)63(56)59-38-54(79)15-16-55(59)49-12-8-11-47(34-49)41-73-28-22-45-32-48(35-51(67)33-45)42-75-53-13-6-7-14-53/h3-5,8-12,15-16,21,32-36,38,43,46,50,52-53,56-57,62,65,67,72-79H,6-7,13-14,17-20,22-31,37,39-42H2,1-2H3. The van der Waals surface area contributed by atoms with Crippen LogP contribution in [0.1, 0.15) is 143 Å². The third kappa shape index (κ3) is 10.9. The number of nitrogens with one attached hydrogen (secondary N) is 5. The number of ether oxygens (including phenoxy) is 2. The van der Waals surface area contributed by atoms with Gasteiger partial charge in [-0.05, 0) is 239 Å². The lowest BCUT2D eigenvalue weighted by Crippen LogP contribution is -2.52. The van der Waals surface area contributed by atoms with Gasteiger partial charge in [0, 0.05) is 55.4 Å². The minimum absolute atomic E-state index is 0.00483. The Morgan fingerprint density at radius 1 is 0.819 bits per heavy atom. The molecule has 0 radical (unpaired) electrons. The van der Waals surface area contributed by atoms with Gasteiger partial charge >= 0.3 is 11.9 Å². The maximum atomic E-state index is 15.3. The highest BCUT2D eigenvalue weighted by Gasteiger charge is 2.69. The molecule has 11 unspecified atom stereocenters. The molecule has 4 aromatic rings. The number of phenolic OH excluding ortho intramolecular Hbond substituents is 1. The van der Waals surface area contributed by atoms with Crippen molar-refractivity contribution in [2.75, 3.05) is 33.3 Å². The number of hydrogen-bond donors (Lipinski definition) is 8. The molecule has 5 aliphatic heterocycles. The summed E-state index contributed by atoms with van der Waals surface area (Å²) in [6.45, 7) is 5.56. The summed E-state index contributed by atoms with van der Waals surface area (Å²) in [4.78, 5) is 30.6. The fourth-order valence-electron chi connectivity index (χ4n) is 17.7. The highest BCUT2D eigenvalue weighted by atomic mass is 16.6. The van der Waals surface area contributed by atoms with Crippen LogP contribution in [0.2, 0.25) is 0 Å². The van der Waals surface area contributed by atoms with Crippen LogP contribution in [-0.4, -0.2) is 78.9 Å². The number of carbonyl (C=O) groups excluding carboxylic acids is 2. The summed E-state index contributed by atoms with van der Waals surface area (Å²) in [5.41, 5.74) is 11.2. The molecule has 15 rings (SSSR count). The van der Waals surface area contributed by atoms with Crippen LogP contribution in [0.5, 0.6) is 5.75 Å². The molecule has 0 aromatic heterocycles. The fraction of sp³-hybridized carbons (Fsp3) is 0.521. The van der Waals surface area contributed by atoms with E-state index in [9.17, 15) is 15.3 Å². The van der Waals surface area contributed by atoms with E-state index in [0.29, 0.717) is 79.3 Å². The molecule has 11 aliphatic rings. The Balaban J connectivity index is 0.965. The van der Waals surface area contributed by atoms with Crippen LogP contribution in [0, 0.1) is 46.3 Å². The van der Waals surface area contributed by atoms with E-state index in [1.807, 2.05) is 37.3 Å². The van der Waals surface area contributed by atoms with Crippen LogP contribution in [0.4, 0.5) is 0 Å². The molecule has 1 spiro atoms. The van der Waals surface area contributed by atoms with E-state index in [4.69, 9.17) is 9.47 Å². The Labute approximate surface area is 491 Å². The van der Waals surface area contributed by atoms with Crippen LogP contribution in [0.3, 0.4) is 0 Å². The molecule has 11 atom stereocenters. The van der Waals surface area contributed by atoms with E-state index in [1.165, 1.54) is 42.4 Å². The Hall–Kier alpha value is -5.70. The van der Waals surface area contributed by atoms with E-state index in [2.05, 4.69) is 100 Å². The smallest absolute Gasteiger partial charge is 0.340 e. The first-order valence-electron chi connectivity index (χ1n) is 31.8. The normalized spacial score (nSPS) is 30.9. The zero-order chi connectivity index (χ0) is 56.8. The summed E-state index contributed by atoms with van der Waals surface area (Å²) in [6.07, 6.45) is 20.0. The van der Waals surface area contributed by atoms with Gasteiger partial charge in [-0.1, -0.05) is 85.6 Å². The van der Waals surface area contributed by atoms with Crippen LogP contribution in [-0.2, 0) is 45.0 Å². The minimum Gasteiger partial charge on any atom is -0.508 e. The van der Waals surface area contributed by atoms with Crippen molar-refractivity contribution in [2.45, 2.75) is 154 Å². The van der Waals surface area contributed by atoms with Gasteiger partial charge in [-0.2, -0.15) is 0 Å². The zero-order valence-corrected chi connectivity index (χ0v) is 48.8. The Morgan fingerprint density at radius 2 is 1.69 bits per heavy atom. The Kier molecular flexibility index (Phi) is 16.3. The van der Waals surface area contributed by atoms with E-state index < -0.39 is 11.5 Å². The van der Waals surface area contributed by atoms with Crippen molar-refractivity contribution in [1.29, 1.82) is 0 Å². The minimum atomic E-state index is -0.971. The van der Waals surface area contributed by atoms with Crippen LogP contribution < -0.4 is 26.6 Å². The second kappa shape index (κ2) is 24.0. The summed E-state index contributed by atoms with van der Waals surface area (Å²) in [6, 6.07) is 32.4. The number of cyclic esters (lactones) is 1. The lowest BCUT2D eigenvalue weighted by molar-refractivity contribution is -0.135. The molecule has 4 aromatic carbocycles. The van der Waals surface area contributed by atoms with Gasteiger partial charge in [0.2, 0.25) is 0 Å². The van der Waals surface area contributed by atoms with Gasteiger partial charge in [0.05, 0.1) is 23.3 Å². The number of piperidine rings is 1. The first kappa shape index (κ1) is 56.4. The third-order valence-corrected chi connectivity index (χ3v) is 21.5. The highest BCUT2D eigenvalue weighted by molar-refractivity contribution is 6.07. The van der Waals surface area contributed by atoms with Gasteiger partial charge in [0.25, 0.3) is 0 Å². The molecule has 0 amide bonds. The number of benzene rings is 4. The van der Waals surface area contributed by atoms with E-state index in [0.717, 1.165) is 116 Å². The number of hydrogen-bond acceptors (Lipinski definition) is 12. The molecule has 6 aliphatic carbocycles. The van der Waals surface area contributed by atoms with Gasteiger partial charge in [-0.3, -0.25) is 0 Å². The molecule has 438 valence electrons. The molecule has 14 bridgehead atoms. The van der Waals surface area contributed by atoms with Crippen molar-refractivity contribution >= 4 is 17.5 Å². The van der Waals surface area contributed by atoms with E-state index in [1.54, 1.807) is 6.07 Å². The van der Waals surface area contributed by atoms with Crippen molar-refractivity contribution in [2.24, 2.45) is 46.3 Å². The van der Waals surface area contributed by atoms with Gasteiger partial charge in [-0.25, -0.2) is 9.59 Å². The predicted octanol–water partition coefficient (Wildman–Crippen LogP) is 10.8. The monoisotopic (exact) mass is 1120 g/mol. The summed E-state index contributed by atoms with van der Waals surface area (Å²) in [5, 5.41) is 52.1. The van der Waals surface area contributed by atoms with Crippen LogP contribution >= 0.6 is 0 Å². The zero-order valence-electron chi connectivity index (χ0n) is 48.8. The molecule has 8 N–H and O–H groups in total. The Morgan fingerprint density at radius 3 is 2.52 bits per heavy atom. The first-order chi connectivity index (χ1) is 40.5. The van der Waals surface area contributed by atoms with Crippen LogP contribution in [0.15, 0.2) is 131 Å². The lowest BCUT2D eigenvalue weighted by Gasteiger charge is -2.56. The molecule has 3 saturated carbocycles. The summed E-state index contributed by atoms with van der Waals surface area (Å²) < 4.78 is 13.4. The van der Waals surface area contributed by atoms with Gasteiger partial charge in [0.1, 0.15) is 17.3 Å². The number of aliphatic hydroxyl groups is 2. The van der Waals surface area contributed by atoms with E-state index >= 15 is 9.59 Å². The lowest BCUT2D eigenvalue weighted by atomic mass is 9.44. The number of rotatable bonds is 13. The SMILES string of the molecule is CNC1CC(C23CC=C4OC(=O)C5=C4CCC4C6CCC7(C(=CC(CCO)Cc8ccccc8)OC(=O)C7=C6c6cc(O)ccc6-c6cccc(c6)CNCCc6cc(CNC7CCCC7)cc(c6)C(NCC(C)O)C(CC2)C3)C54)CCN1. The van der Waals surface area contributed by atoms with Gasteiger partial charge in [0.15, 0.2) is 0 Å². The molecular weight excluding hydrogens is 1030 g/mol. The molecular formula is C71H87N5O7. The Bertz CT molecular complexity index is 3210. The average molecular weight is 1120 g/mol. The van der Waals surface area contributed by atoms with Gasteiger partial charge in [-0.15, -0.1) is 0 Å². The molecule has 12 nitrogen and oxygen atoms in total. The number of carbonyl (C=O) groups is 2. The molecule has 83 heavy (non-hydrogen) atoms. The summed E-state index contributed by atoms with van der Waals surface area (Å²) in [5.74, 6) is 0.851. The van der Waals surface area contributed by atoms with Crippen molar-refractivity contribution in [3.63, 3.8) is 0 Å². The predicted molar refractivity (Wildman–Crippen MR) is 324 cm³/mol. The summed E-state index contributed by atoms with van der Waals surface area (Å²) in [7, 11) is 2.06. The topological polar surface area (TPSA) is 173 Å². The second-order valence-corrected chi connectivity index (χ2v) is 26.4. The largest absolute Gasteiger partial charge is 0.508 e. The average Bonchev–Trinajstić information content (AvgIpc) is 1.68.